The predicted octanol–water partition coefficient (Wildman–Crippen LogP) is 5.17. The summed E-state index contributed by atoms with van der Waals surface area (Å²) >= 11 is 0. The molecule has 198 valence electrons. The number of hydrogen-bond acceptors (Lipinski definition) is 6. The number of methoxy groups -OCH3 is 1. The van der Waals surface area contributed by atoms with E-state index in [0.717, 1.165) is 41.4 Å². The molecule has 4 aromatic rings. The van der Waals surface area contributed by atoms with Gasteiger partial charge in [-0.3, -0.25) is 14.4 Å². The SMILES string of the molecule is COc1cc2c(cc1OCCCn1c(=O)nc(-c3ccccc3)c3cc(C)ccc31)N=CC1CCCN1C2=O. The fourth-order valence-corrected chi connectivity index (χ4v) is 5.45. The number of fused-ring (bicyclic) bond motifs is 3. The largest absolute Gasteiger partial charge is 0.493 e. The molecular formula is C31H30N4O4. The predicted molar refractivity (Wildman–Crippen MR) is 151 cm³/mol. The summed E-state index contributed by atoms with van der Waals surface area (Å²) in [6, 6.07) is 19.4. The van der Waals surface area contributed by atoms with Crippen LogP contribution in [0, 0.1) is 6.92 Å². The van der Waals surface area contributed by atoms with Gasteiger partial charge in [-0.1, -0.05) is 42.0 Å². The first-order valence-electron chi connectivity index (χ1n) is 13.3. The van der Waals surface area contributed by atoms with Crippen LogP contribution in [0.2, 0.25) is 0 Å². The summed E-state index contributed by atoms with van der Waals surface area (Å²) in [5, 5.41) is 0.942. The van der Waals surface area contributed by atoms with Gasteiger partial charge in [-0.15, -0.1) is 0 Å². The molecule has 8 nitrogen and oxygen atoms in total. The van der Waals surface area contributed by atoms with E-state index >= 15 is 0 Å². The van der Waals surface area contributed by atoms with Gasteiger partial charge in [0, 0.05) is 36.3 Å². The van der Waals surface area contributed by atoms with Crippen molar-refractivity contribution in [2.45, 2.75) is 38.8 Å². The zero-order valence-corrected chi connectivity index (χ0v) is 22.1. The molecule has 1 atom stereocenters. The Balaban J connectivity index is 1.23. The van der Waals surface area contributed by atoms with Gasteiger partial charge in [0.15, 0.2) is 11.5 Å². The Bertz CT molecular complexity index is 1640. The second-order valence-corrected chi connectivity index (χ2v) is 9.99. The number of aryl methyl sites for hydroxylation is 2. The van der Waals surface area contributed by atoms with Gasteiger partial charge in [0.1, 0.15) is 0 Å². The summed E-state index contributed by atoms with van der Waals surface area (Å²) in [6.07, 6.45) is 4.35. The number of aromatic nitrogens is 2. The van der Waals surface area contributed by atoms with Gasteiger partial charge in [-0.25, -0.2) is 4.79 Å². The van der Waals surface area contributed by atoms with Crippen molar-refractivity contribution in [3.05, 3.63) is 82.3 Å². The van der Waals surface area contributed by atoms with Crippen molar-refractivity contribution in [1.82, 2.24) is 14.5 Å². The molecule has 0 radical (unpaired) electrons. The lowest BCUT2D eigenvalue weighted by Gasteiger charge is -2.20. The molecule has 1 amide bonds. The monoisotopic (exact) mass is 522 g/mol. The molecule has 1 fully saturated rings. The molecule has 2 aliphatic heterocycles. The third-order valence-electron chi connectivity index (χ3n) is 7.43. The van der Waals surface area contributed by atoms with E-state index in [-0.39, 0.29) is 17.6 Å². The third kappa shape index (κ3) is 4.67. The Labute approximate surface area is 226 Å². The highest BCUT2D eigenvalue weighted by molar-refractivity contribution is 6.03. The molecule has 39 heavy (non-hydrogen) atoms. The van der Waals surface area contributed by atoms with Crippen LogP contribution in [0.1, 0.15) is 35.2 Å². The molecule has 1 unspecified atom stereocenters. The standard InChI is InChI=1S/C31H30N4O4/c1-20-11-12-26-24(16-20)29(21-8-4-3-5-9-21)33-31(37)35(26)14-7-15-39-28-18-25-23(17-27(28)38-2)30(36)34-13-6-10-22(34)19-32-25/h3-5,8-9,11-12,16-19,22H,6-7,10,13-15H2,1-2H3. The number of nitrogens with zero attached hydrogens (tertiary/aromatic N) is 4. The first-order valence-corrected chi connectivity index (χ1v) is 13.3. The first kappa shape index (κ1) is 24.9. The molecule has 2 aliphatic rings. The maximum atomic E-state index is 13.1. The van der Waals surface area contributed by atoms with Gasteiger partial charge >= 0.3 is 5.69 Å². The van der Waals surface area contributed by atoms with Crippen LogP contribution in [-0.2, 0) is 6.54 Å². The van der Waals surface area contributed by atoms with E-state index < -0.39 is 0 Å². The Morgan fingerprint density at radius 2 is 1.87 bits per heavy atom. The molecule has 1 aromatic heterocycles. The maximum Gasteiger partial charge on any atom is 0.348 e. The average Bonchev–Trinajstić information content (AvgIpc) is 3.39. The summed E-state index contributed by atoms with van der Waals surface area (Å²) in [5.74, 6) is 0.985. The summed E-state index contributed by atoms with van der Waals surface area (Å²) in [5.41, 5.74) is 4.37. The zero-order valence-electron chi connectivity index (χ0n) is 22.1. The number of rotatable bonds is 7. The summed E-state index contributed by atoms with van der Waals surface area (Å²) in [7, 11) is 1.56. The van der Waals surface area contributed by atoms with E-state index in [9.17, 15) is 9.59 Å². The number of carbonyl (C=O) groups excluding carboxylic acids is 1. The van der Waals surface area contributed by atoms with Crippen molar-refractivity contribution in [1.29, 1.82) is 0 Å². The van der Waals surface area contributed by atoms with Crippen LogP contribution in [0.3, 0.4) is 0 Å². The maximum absolute atomic E-state index is 13.1. The van der Waals surface area contributed by atoms with Gasteiger partial charge < -0.3 is 14.4 Å². The first-order chi connectivity index (χ1) is 19.0. The molecule has 1 saturated heterocycles. The number of amides is 1. The lowest BCUT2D eigenvalue weighted by atomic mass is 10.0. The molecule has 0 spiro atoms. The molecule has 6 rings (SSSR count). The van der Waals surface area contributed by atoms with Gasteiger partial charge in [0.2, 0.25) is 0 Å². The molecule has 0 saturated carbocycles. The third-order valence-corrected chi connectivity index (χ3v) is 7.43. The average molecular weight is 523 g/mol. The quantitative estimate of drug-likeness (QED) is 0.313. The van der Waals surface area contributed by atoms with Gasteiger partial charge in [0.25, 0.3) is 5.91 Å². The molecule has 0 bridgehead atoms. The van der Waals surface area contributed by atoms with E-state index in [0.29, 0.717) is 48.0 Å². The summed E-state index contributed by atoms with van der Waals surface area (Å²) < 4.78 is 13.4. The summed E-state index contributed by atoms with van der Waals surface area (Å²) in [4.78, 5) is 37.2. The highest BCUT2D eigenvalue weighted by Crippen LogP contribution is 2.38. The lowest BCUT2D eigenvalue weighted by molar-refractivity contribution is 0.0774. The van der Waals surface area contributed by atoms with Crippen molar-refractivity contribution in [2.75, 3.05) is 20.3 Å². The van der Waals surface area contributed by atoms with Crippen LogP contribution in [-0.4, -0.2) is 52.9 Å². The number of benzene rings is 3. The molecule has 3 aromatic carbocycles. The minimum atomic E-state index is -0.291. The Morgan fingerprint density at radius 1 is 1.03 bits per heavy atom. The van der Waals surface area contributed by atoms with Crippen molar-refractivity contribution in [3.8, 4) is 22.8 Å². The fourth-order valence-electron chi connectivity index (χ4n) is 5.45. The van der Waals surface area contributed by atoms with Gasteiger partial charge in [0.05, 0.1) is 42.2 Å². The second kappa shape index (κ2) is 10.4. The minimum absolute atomic E-state index is 0.0252. The van der Waals surface area contributed by atoms with E-state index in [1.807, 2.05) is 60.5 Å². The van der Waals surface area contributed by atoms with Crippen molar-refractivity contribution >= 4 is 28.7 Å². The van der Waals surface area contributed by atoms with Crippen LogP contribution in [0.5, 0.6) is 11.5 Å². The van der Waals surface area contributed by atoms with Crippen LogP contribution in [0.25, 0.3) is 22.2 Å². The van der Waals surface area contributed by atoms with Crippen LogP contribution >= 0.6 is 0 Å². The molecule has 0 aliphatic carbocycles. The zero-order chi connectivity index (χ0) is 26.9. The Morgan fingerprint density at radius 3 is 2.69 bits per heavy atom. The van der Waals surface area contributed by atoms with Gasteiger partial charge in [-0.05, 0) is 44.4 Å². The second-order valence-electron chi connectivity index (χ2n) is 9.99. The van der Waals surface area contributed by atoms with E-state index in [1.54, 1.807) is 23.8 Å². The molecular weight excluding hydrogens is 492 g/mol. The smallest absolute Gasteiger partial charge is 0.348 e. The highest BCUT2D eigenvalue weighted by atomic mass is 16.5. The van der Waals surface area contributed by atoms with Crippen molar-refractivity contribution < 1.29 is 14.3 Å². The number of aliphatic imine (C=N–C) groups is 1. The van der Waals surface area contributed by atoms with Gasteiger partial charge in [-0.2, -0.15) is 4.98 Å². The number of hydrogen-bond donors (Lipinski definition) is 0. The van der Waals surface area contributed by atoms with E-state index in [4.69, 9.17) is 9.47 Å². The lowest BCUT2D eigenvalue weighted by Crippen LogP contribution is -2.35. The highest BCUT2D eigenvalue weighted by Gasteiger charge is 2.32. The fraction of sp³-hybridized carbons (Fsp3) is 0.290. The molecule has 8 heteroatoms. The van der Waals surface area contributed by atoms with Crippen molar-refractivity contribution in [3.63, 3.8) is 0 Å². The molecule has 3 heterocycles. The normalized spacial score (nSPS) is 16.2. The Hall–Kier alpha value is -4.46. The number of ether oxygens (including phenoxy) is 2. The molecule has 0 N–H and O–H groups in total. The minimum Gasteiger partial charge on any atom is -0.493 e. The van der Waals surface area contributed by atoms with Crippen molar-refractivity contribution in [2.24, 2.45) is 4.99 Å². The topological polar surface area (TPSA) is 86.0 Å². The van der Waals surface area contributed by atoms with Crippen LogP contribution in [0.15, 0.2) is 70.5 Å². The van der Waals surface area contributed by atoms with Crippen LogP contribution < -0.4 is 15.2 Å². The number of carbonyl (C=O) groups is 1. The summed E-state index contributed by atoms with van der Waals surface area (Å²) in [6.45, 7) is 3.57. The van der Waals surface area contributed by atoms with E-state index in [2.05, 4.69) is 16.0 Å². The van der Waals surface area contributed by atoms with E-state index in [1.165, 1.54) is 0 Å². The Kier molecular flexibility index (Phi) is 6.60. The van der Waals surface area contributed by atoms with Crippen LogP contribution in [0.4, 0.5) is 5.69 Å².